The molecule has 284 valence electrons. The molecule has 0 bridgehead atoms. The molecule has 3 aliphatic rings. The smallest absolute Gasteiger partial charge is 0.0864 e. The maximum atomic E-state index is 3.94. The van der Waals surface area contributed by atoms with Crippen molar-refractivity contribution in [2.24, 2.45) is 5.92 Å². The number of para-hydroxylation sites is 2. The maximum Gasteiger partial charge on any atom is 0.0864 e. The van der Waals surface area contributed by atoms with E-state index in [1.807, 2.05) is 0 Å². The molecule has 0 saturated carbocycles. The molecule has 0 spiro atoms. The lowest BCUT2D eigenvalue weighted by atomic mass is 9.73. The fraction of sp³-hybridized carbons (Fsp3) is 0.170. The molecule has 3 N–H and O–H groups in total. The van der Waals surface area contributed by atoms with Gasteiger partial charge in [-0.05, 0) is 106 Å². The minimum absolute atomic E-state index is 0.0399. The van der Waals surface area contributed by atoms with Crippen LogP contribution in [0.4, 0.5) is 17.1 Å². The van der Waals surface area contributed by atoms with E-state index in [9.17, 15) is 0 Å². The first-order valence-corrected chi connectivity index (χ1v) is 20.7. The van der Waals surface area contributed by atoms with Gasteiger partial charge in [-0.2, -0.15) is 0 Å². The number of allylic oxidation sites excluding steroid dienone is 1. The van der Waals surface area contributed by atoms with Crippen molar-refractivity contribution >= 4 is 44.9 Å². The van der Waals surface area contributed by atoms with Gasteiger partial charge < -0.3 is 9.47 Å². The third-order valence-electron chi connectivity index (χ3n) is 12.8. The van der Waals surface area contributed by atoms with Gasteiger partial charge in [0.05, 0.1) is 35.2 Å². The topological polar surface area (TPSA) is 44.3 Å². The van der Waals surface area contributed by atoms with Crippen LogP contribution in [-0.2, 0) is 11.8 Å². The Hall–Kier alpha value is -6.24. The van der Waals surface area contributed by atoms with Crippen molar-refractivity contribution in [2.45, 2.75) is 51.1 Å². The molecule has 11 rings (SSSR count). The normalized spacial score (nSPS) is 20.5. The van der Waals surface area contributed by atoms with Crippen LogP contribution in [0.1, 0.15) is 78.2 Å². The standard InChI is InChI=1S/C53H47N5/c1-34-24-27-42-37(30-34)25-29-47-48(42)43-32-41(57(39-20-12-6-13-21-39)40-22-14-7-15-23-40)33-45-49(43)58(47)46-28-26-38(31-44(46)53(45,2)3)52-55-50(35-16-8-4-9-17-35)54-51(56-52)36-18-10-5-11-19-36/h4-29,31-34,50-52,54-56H,30H2,1-3H3. The van der Waals surface area contributed by atoms with E-state index in [1.54, 1.807) is 0 Å². The molecule has 5 nitrogen and oxygen atoms in total. The summed E-state index contributed by atoms with van der Waals surface area (Å²) in [6.07, 6.45) is 5.66. The molecule has 1 fully saturated rings. The van der Waals surface area contributed by atoms with Gasteiger partial charge in [-0.1, -0.05) is 142 Å². The molecule has 1 aromatic heterocycles. The van der Waals surface area contributed by atoms with E-state index in [1.165, 1.54) is 66.4 Å². The van der Waals surface area contributed by atoms with Gasteiger partial charge in [0.15, 0.2) is 0 Å². The summed E-state index contributed by atoms with van der Waals surface area (Å²) in [6, 6.07) is 59.9. The van der Waals surface area contributed by atoms with E-state index in [-0.39, 0.29) is 23.9 Å². The lowest BCUT2D eigenvalue weighted by Gasteiger charge is -2.41. The van der Waals surface area contributed by atoms with Gasteiger partial charge in [0.1, 0.15) is 0 Å². The highest BCUT2D eigenvalue weighted by atomic mass is 15.4. The summed E-state index contributed by atoms with van der Waals surface area (Å²) in [5, 5.41) is 14.4. The monoisotopic (exact) mass is 753 g/mol. The number of aromatic nitrogens is 1. The second-order valence-electron chi connectivity index (χ2n) is 16.8. The zero-order valence-electron chi connectivity index (χ0n) is 33.2. The second kappa shape index (κ2) is 13.7. The van der Waals surface area contributed by atoms with Crippen LogP contribution in [0.15, 0.2) is 170 Å². The average molecular weight is 754 g/mol. The number of nitrogens with one attached hydrogen (secondary N) is 3. The highest BCUT2D eigenvalue weighted by Crippen LogP contribution is 2.52. The predicted octanol–water partition coefficient (Wildman–Crippen LogP) is 12.3. The van der Waals surface area contributed by atoms with Crippen LogP contribution in [0.5, 0.6) is 0 Å². The molecule has 0 radical (unpaired) electrons. The highest BCUT2D eigenvalue weighted by molar-refractivity contribution is 6.16. The van der Waals surface area contributed by atoms with Crippen LogP contribution in [0, 0.1) is 5.92 Å². The first kappa shape index (κ1) is 35.0. The van der Waals surface area contributed by atoms with Crippen molar-refractivity contribution < 1.29 is 0 Å². The van der Waals surface area contributed by atoms with Gasteiger partial charge in [-0.15, -0.1) is 0 Å². The van der Waals surface area contributed by atoms with E-state index < -0.39 is 0 Å². The minimum Gasteiger partial charge on any atom is -0.310 e. The molecule has 7 aromatic carbocycles. The molecular weight excluding hydrogens is 707 g/mol. The number of hydrogen-bond acceptors (Lipinski definition) is 4. The molecule has 3 unspecified atom stereocenters. The molecular formula is C53H47N5. The van der Waals surface area contributed by atoms with Gasteiger partial charge in [-0.3, -0.25) is 16.0 Å². The Bertz CT molecular complexity index is 2760. The summed E-state index contributed by atoms with van der Waals surface area (Å²) in [5.41, 5.74) is 16.0. The Morgan fingerprint density at radius 2 is 1.14 bits per heavy atom. The van der Waals surface area contributed by atoms with Crippen LogP contribution >= 0.6 is 0 Å². The van der Waals surface area contributed by atoms with Crippen LogP contribution < -0.4 is 20.9 Å². The first-order chi connectivity index (χ1) is 28.4. The van der Waals surface area contributed by atoms with E-state index in [0.717, 1.165) is 23.5 Å². The predicted molar refractivity (Wildman–Crippen MR) is 240 cm³/mol. The largest absolute Gasteiger partial charge is 0.310 e. The number of rotatable bonds is 6. The summed E-state index contributed by atoms with van der Waals surface area (Å²) in [5.74, 6) is 0.519. The first-order valence-electron chi connectivity index (χ1n) is 20.7. The molecule has 3 atom stereocenters. The van der Waals surface area contributed by atoms with Crippen molar-refractivity contribution in [1.29, 1.82) is 0 Å². The molecule has 58 heavy (non-hydrogen) atoms. The van der Waals surface area contributed by atoms with Crippen molar-refractivity contribution in [3.05, 3.63) is 209 Å². The van der Waals surface area contributed by atoms with Crippen molar-refractivity contribution in [1.82, 2.24) is 20.5 Å². The summed E-state index contributed by atoms with van der Waals surface area (Å²) in [6.45, 7) is 7.16. The molecule has 5 heteroatoms. The molecule has 3 heterocycles. The summed E-state index contributed by atoms with van der Waals surface area (Å²) in [7, 11) is 0. The van der Waals surface area contributed by atoms with E-state index in [0.29, 0.717) is 5.92 Å². The lowest BCUT2D eigenvalue weighted by molar-refractivity contribution is 0.203. The molecule has 2 aliphatic heterocycles. The minimum atomic E-state index is -0.321. The second-order valence-corrected chi connectivity index (χ2v) is 16.8. The number of fused-ring (bicyclic) bond motifs is 7. The van der Waals surface area contributed by atoms with Crippen molar-refractivity contribution in [3.8, 4) is 5.69 Å². The zero-order valence-corrected chi connectivity index (χ0v) is 33.2. The van der Waals surface area contributed by atoms with Crippen LogP contribution in [0.3, 0.4) is 0 Å². The average Bonchev–Trinajstić information content (AvgIpc) is 3.61. The maximum absolute atomic E-state index is 3.94. The van der Waals surface area contributed by atoms with Crippen LogP contribution in [0.25, 0.3) is 33.6 Å². The molecule has 0 amide bonds. The van der Waals surface area contributed by atoms with Crippen molar-refractivity contribution in [2.75, 3.05) is 4.90 Å². The van der Waals surface area contributed by atoms with E-state index in [2.05, 4.69) is 222 Å². The zero-order chi connectivity index (χ0) is 39.0. The number of benzene rings is 7. The Kier molecular flexibility index (Phi) is 8.26. The van der Waals surface area contributed by atoms with Crippen molar-refractivity contribution in [3.63, 3.8) is 0 Å². The number of anilines is 3. The summed E-state index contributed by atoms with van der Waals surface area (Å²) >= 11 is 0. The van der Waals surface area contributed by atoms with E-state index >= 15 is 0 Å². The van der Waals surface area contributed by atoms with Crippen LogP contribution in [0.2, 0.25) is 0 Å². The third-order valence-corrected chi connectivity index (χ3v) is 12.8. The molecule has 8 aromatic rings. The number of nitrogens with zero attached hydrogens (tertiary/aromatic N) is 2. The Morgan fingerprint density at radius 1 is 0.569 bits per heavy atom. The SMILES string of the molecule is CC1C=Cc2c(ccc3c2c2cc(N(c4ccccc4)c4ccccc4)cc4c2n3-c2ccc(C3NC(c5ccccc5)NC(c5ccccc5)N3)cc2C4(C)C)C1. The fourth-order valence-electron chi connectivity index (χ4n) is 9.88. The quantitative estimate of drug-likeness (QED) is 0.158. The Balaban J connectivity index is 1.13. The number of hydrogen-bond donors (Lipinski definition) is 3. The highest BCUT2D eigenvalue weighted by Gasteiger charge is 2.38. The van der Waals surface area contributed by atoms with Gasteiger partial charge in [-0.25, -0.2) is 0 Å². The fourth-order valence-corrected chi connectivity index (χ4v) is 9.88. The molecule has 1 saturated heterocycles. The van der Waals surface area contributed by atoms with Gasteiger partial charge in [0, 0.05) is 33.2 Å². The Labute approximate surface area is 340 Å². The third kappa shape index (κ3) is 5.65. The molecule has 1 aliphatic carbocycles. The van der Waals surface area contributed by atoms with Crippen LogP contribution in [-0.4, -0.2) is 4.57 Å². The summed E-state index contributed by atoms with van der Waals surface area (Å²) < 4.78 is 2.57. The van der Waals surface area contributed by atoms with Gasteiger partial charge in [0.25, 0.3) is 0 Å². The lowest BCUT2D eigenvalue weighted by Crippen LogP contribution is -2.54. The van der Waals surface area contributed by atoms with Gasteiger partial charge >= 0.3 is 0 Å². The van der Waals surface area contributed by atoms with E-state index in [4.69, 9.17) is 0 Å². The van der Waals surface area contributed by atoms with Gasteiger partial charge in [0.2, 0.25) is 0 Å². The Morgan fingerprint density at radius 3 is 1.74 bits per heavy atom. The summed E-state index contributed by atoms with van der Waals surface area (Å²) in [4.78, 5) is 2.42.